The fourth-order valence-electron chi connectivity index (χ4n) is 3.29. The molecule has 0 aliphatic carbocycles. The number of rotatable bonds is 3. The van der Waals surface area contributed by atoms with Crippen LogP contribution in [0.25, 0.3) is 11.4 Å². The monoisotopic (exact) mass is 351 g/mol. The van der Waals surface area contributed by atoms with Crippen molar-refractivity contribution >= 4 is 5.69 Å². The standard InChI is InChI=1S/C17H19F2N3O3/c1-10-6-12(9-24-10)17-20-16(21-25-17)11-7-13(18)15(14(19)8-11)22-2-4-23-5-3-22/h7-8,10,12H,2-6,9H2,1H3. The van der Waals surface area contributed by atoms with Gasteiger partial charge < -0.3 is 18.9 Å². The highest BCUT2D eigenvalue weighted by atomic mass is 19.1. The smallest absolute Gasteiger partial charge is 0.232 e. The Morgan fingerprint density at radius 1 is 1.16 bits per heavy atom. The topological polar surface area (TPSA) is 60.6 Å². The van der Waals surface area contributed by atoms with E-state index >= 15 is 0 Å². The van der Waals surface area contributed by atoms with Crippen molar-refractivity contribution in [1.82, 2.24) is 10.1 Å². The van der Waals surface area contributed by atoms with Crippen LogP contribution in [-0.2, 0) is 9.47 Å². The van der Waals surface area contributed by atoms with Crippen molar-refractivity contribution in [2.75, 3.05) is 37.8 Å². The highest BCUT2D eigenvalue weighted by molar-refractivity contribution is 5.62. The molecule has 0 bridgehead atoms. The number of anilines is 1. The Morgan fingerprint density at radius 3 is 2.52 bits per heavy atom. The first-order valence-electron chi connectivity index (χ1n) is 8.39. The summed E-state index contributed by atoms with van der Waals surface area (Å²) in [6, 6.07) is 2.49. The summed E-state index contributed by atoms with van der Waals surface area (Å²) in [6.45, 7) is 4.32. The average molecular weight is 351 g/mol. The van der Waals surface area contributed by atoms with Crippen molar-refractivity contribution in [2.24, 2.45) is 0 Å². The van der Waals surface area contributed by atoms with Gasteiger partial charge >= 0.3 is 0 Å². The van der Waals surface area contributed by atoms with Crippen LogP contribution in [0.1, 0.15) is 25.2 Å². The molecule has 0 amide bonds. The second-order valence-electron chi connectivity index (χ2n) is 6.42. The van der Waals surface area contributed by atoms with E-state index in [1.54, 1.807) is 4.90 Å². The molecule has 2 aromatic rings. The molecule has 0 saturated carbocycles. The number of halogens is 2. The van der Waals surface area contributed by atoms with Gasteiger partial charge in [0.2, 0.25) is 11.7 Å². The van der Waals surface area contributed by atoms with Gasteiger partial charge in [0.1, 0.15) is 17.3 Å². The van der Waals surface area contributed by atoms with Gasteiger partial charge in [-0.25, -0.2) is 8.78 Å². The number of ether oxygens (including phenoxy) is 2. The lowest BCUT2D eigenvalue weighted by Crippen LogP contribution is -2.37. The van der Waals surface area contributed by atoms with Crippen molar-refractivity contribution in [3.8, 4) is 11.4 Å². The molecule has 6 nitrogen and oxygen atoms in total. The summed E-state index contributed by atoms with van der Waals surface area (Å²) in [5.41, 5.74) is 0.225. The van der Waals surface area contributed by atoms with Crippen LogP contribution in [-0.4, -0.2) is 49.2 Å². The second kappa shape index (κ2) is 6.68. The summed E-state index contributed by atoms with van der Waals surface area (Å²) in [6.07, 6.45) is 0.934. The van der Waals surface area contributed by atoms with Crippen molar-refractivity contribution in [3.05, 3.63) is 29.7 Å². The molecule has 4 rings (SSSR count). The van der Waals surface area contributed by atoms with Crippen LogP contribution < -0.4 is 4.90 Å². The molecule has 134 valence electrons. The Kier molecular flexibility index (Phi) is 4.39. The molecule has 0 radical (unpaired) electrons. The summed E-state index contributed by atoms with van der Waals surface area (Å²) < 4.78 is 45.0. The number of hydrogen-bond donors (Lipinski definition) is 0. The average Bonchev–Trinajstić information content (AvgIpc) is 3.24. The predicted molar refractivity (Wildman–Crippen MR) is 85.5 cm³/mol. The Morgan fingerprint density at radius 2 is 1.88 bits per heavy atom. The molecule has 8 heteroatoms. The largest absolute Gasteiger partial charge is 0.378 e. The van der Waals surface area contributed by atoms with Crippen LogP contribution in [0.15, 0.2) is 16.7 Å². The van der Waals surface area contributed by atoms with Crippen molar-refractivity contribution < 1.29 is 22.8 Å². The Hall–Kier alpha value is -2.06. The minimum Gasteiger partial charge on any atom is -0.378 e. The summed E-state index contributed by atoms with van der Waals surface area (Å²) in [5, 5.41) is 3.87. The lowest BCUT2D eigenvalue weighted by Gasteiger charge is -2.29. The molecule has 3 heterocycles. The maximum Gasteiger partial charge on any atom is 0.232 e. The van der Waals surface area contributed by atoms with Gasteiger partial charge in [0, 0.05) is 18.7 Å². The van der Waals surface area contributed by atoms with Crippen molar-refractivity contribution in [2.45, 2.75) is 25.4 Å². The van der Waals surface area contributed by atoms with Crippen molar-refractivity contribution in [1.29, 1.82) is 0 Å². The molecule has 0 N–H and O–H groups in total. The number of nitrogens with zero attached hydrogens (tertiary/aromatic N) is 3. The van der Waals surface area contributed by atoms with Crippen molar-refractivity contribution in [3.63, 3.8) is 0 Å². The first kappa shape index (κ1) is 16.4. The third-order valence-electron chi connectivity index (χ3n) is 4.59. The molecule has 1 aromatic carbocycles. The Labute approximate surface area is 143 Å². The second-order valence-corrected chi connectivity index (χ2v) is 6.42. The van der Waals surface area contributed by atoms with E-state index in [2.05, 4.69) is 10.1 Å². The van der Waals surface area contributed by atoms with Gasteiger partial charge in [-0.2, -0.15) is 4.98 Å². The van der Waals surface area contributed by atoms with Crippen LogP contribution >= 0.6 is 0 Å². The molecular formula is C17H19F2N3O3. The zero-order valence-corrected chi connectivity index (χ0v) is 13.9. The fraction of sp³-hybridized carbons (Fsp3) is 0.529. The van der Waals surface area contributed by atoms with Gasteiger partial charge in [-0.3, -0.25) is 0 Å². The van der Waals surface area contributed by atoms with Crippen LogP contribution in [0, 0.1) is 11.6 Å². The van der Waals surface area contributed by atoms with E-state index in [0.717, 1.165) is 6.42 Å². The molecule has 1 aromatic heterocycles. The maximum atomic E-state index is 14.5. The van der Waals surface area contributed by atoms with E-state index in [1.807, 2.05) is 6.92 Å². The quantitative estimate of drug-likeness (QED) is 0.847. The first-order chi connectivity index (χ1) is 12.1. The van der Waals surface area contributed by atoms with Crippen LogP contribution in [0.4, 0.5) is 14.5 Å². The molecule has 2 aliphatic heterocycles. The molecule has 2 saturated heterocycles. The SMILES string of the molecule is CC1CC(c2nc(-c3cc(F)c(N4CCOCC4)c(F)c3)no2)CO1. The molecule has 2 fully saturated rings. The van der Waals surface area contributed by atoms with E-state index in [1.165, 1.54) is 12.1 Å². The molecule has 2 unspecified atom stereocenters. The maximum absolute atomic E-state index is 14.5. The zero-order valence-electron chi connectivity index (χ0n) is 13.9. The van der Waals surface area contributed by atoms with Gasteiger partial charge in [0.25, 0.3) is 0 Å². The third kappa shape index (κ3) is 3.23. The van der Waals surface area contributed by atoms with Crippen LogP contribution in [0.5, 0.6) is 0 Å². The summed E-state index contributed by atoms with van der Waals surface area (Å²) in [5.74, 6) is -0.626. The van der Waals surface area contributed by atoms with Gasteiger partial charge in [-0.1, -0.05) is 5.16 Å². The van der Waals surface area contributed by atoms with E-state index in [-0.39, 0.29) is 29.1 Å². The molecule has 25 heavy (non-hydrogen) atoms. The lowest BCUT2D eigenvalue weighted by molar-refractivity contribution is 0.122. The summed E-state index contributed by atoms with van der Waals surface area (Å²) in [4.78, 5) is 5.95. The zero-order chi connectivity index (χ0) is 17.4. The van der Waals surface area contributed by atoms with Gasteiger partial charge in [-0.15, -0.1) is 0 Å². The van der Waals surface area contributed by atoms with E-state index in [4.69, 9.17) is 14.0 Å². The molecule has 2 atom stereocenters. The summed E-state index contributed by atoms with van der Waals surface area (Å²) in [7, 11) is 0. The van der Waals surface area contributed by atoms with Crippen LogP contribution in [0.2, 0.25) is 0 Å². The number of aromatic nitrogens is 2. The third-order valence-corrected chi connectivity index (χ3v) is 4.59. The Balaban J connectivity index is 1.60. The molecule has 0 spiro atoms. The van der Waals surface area contributed by atoms with Gasteiger partial charge in [0.05, 0.1) is 31.8 Å². The highest BCUT2D eigenvalue weighted by Crippen LogP contribution is 2.32. The normalized spacial score (nSPS) is 24.0. The van der Waals surface area contributed by atoms with E-state index < -0.39 is 11.6 Å². The van der Waals surface area contributed by atoms with Gasteiger partial charge in [0.15, 0.2) is 0 Å². The number of benzene rings is 1. The Bertz CT molecular complexity index is 738. The lowest BCUT2D eigenvalue weighted by atomic mass is 10.1. The molecule has 2 aliphatic rings. The minimum atomic E-state index is -0.638. The van der Waals surface area contributed by atoms with E-state index in [0.29, 0.717) is 38.8 Å². The van der Waals surface area contributed by atoms with Crippen LogP contribution in [0.3, 0.4) is 0 Å². The number of morpholine rings is 1. The predicted octanol–water partition coefficient (Wildman–Crippen LogP) is 2.74. The fourth-order valence-corrected chi connectivity index (χ4v) is 3.29. The van der Waals surface area contributed by atoms with Gasteiger partial charge in [-0.05, 0) is 25.5 Å². The number of hydrogen-bond acceptors (Lipinski definition) is 6. The summed E-state index contributed by atoms with van der Waals surface area (Å²) >= 11 is 0. The minimum absolute atomic E-state index is 0.0265. The molecular weight excluding hydrogens is 332 g/mol. The first-order valence-corrected chi connectivity index (χ1v) is 8.39. The van der Waals surface area contributed by atoms with E-state index in [9.17, 15) is 8.78 Å². The highest BCUT2D eigenvalue weighted by Gasteiger charge is 2.29.